The summed E-state index contributed by atoms with van der Waals surface area (Å²) in [5.41, 5.74) is 1.35. The molecule has 0 radical (unpaired) electrons. The summed E-state index contributed by atoms with van der Waals surface area (Å²) < 4.78 is 0. The zero-order valence-corrected chi connectivity index (χ0v) is 15.4. The minimum atomic E-state index is -0.128. The number of likely N-dealkylation sites (tertiary alicyclic amines) is 1. The molecule has 0 saturated carbocycles. The van der Waals surface area contributed by atoms with Crippen LogP contribution < -0.4 is 5.32 Å². The van der Waals surface area contributed by atoms with Crippen LogP contribution in [0.5, 0.6) is 0 Å². The van der Waals surface area contributed by atoms with Crippen LogP contribution in [0.4, 0.5) is 0 Å². The first-order chi connectivity index (χ1) is 12.2. The van der Waals surface area contributed by atoms with Crippen molar-refractivity contribution < 1.29 is 4.79 Å². The summed E-state index contributed by atoms with van der Waals surface area (Å²) in [7, 11) is 0. The lowest BCUT2D eigenvalue weighted by molar-refractivity contribution is -0.121. The predicted octanol–water partition coefficient (Wildman–Crippen LogP) is 3.34. The van der Waals surface area contributed by atoms with E-state index in [4.69, 9.17) is 0 Å². The van der Waals surface area contributed by atoms with Gasteiger partial charge in [0.1, 0.15) is 0 Å². The molecule has 0 bridgehead atoms. The van der Waals surface area contributed by atoms with Crippen molar-refractivity contribution in [3.8, 4) is 0 Å². The zero-order chi connectivity index (χ0) is 17.5. The average Bonchev–Trinajstić information content (AvgIpc) is 2.65. The molecule has 0 aliphatic carbocycles. The zero-order valence-electron chi connectivity index (χ0n) is 14.6. The van der Waals surface area contributed by atoms with E-state index >= 15 is 0 Å². The summed E-state index contributed by atoms with van der Waals surface area (Å²) in [5.74, 6) is 0.108. The van der Waals surface area contributed by atoms with Gasteiger partial charge in [0, 0.05) is 31.9 Å². The lowest BCUT2D eigenvalue weighted by Gasteiger charge is -2.32. The molecular weight excluding hydrogens is 330 g/mol. The summed E-state index contributed by atoms with van der Waals surface area (Å²) >= 11 is 1.51. The number of amides is 1. The summed E-state index contributed by atoms with van der Waals surface area (Å²) in [6.07, 6.45) is 3.79. The number of carbonyl (C=O) groups is 1. The van der Waals surface area contributed by atoms with Crippen LogP contribution in [0, 0.1) is 0 Å². The van der Waals surface area contributed by atoms with Gasteiger partial charge in [0.25, 0.3) is 0 Å². The SMILES string of the molecule is C[C@@H](Sc1ccccn1)C(=O)NC1CCN(Cc2ccccc2)CC1. The van der Waals surface area contributed by atoms with Crippen LogP contribution in [-0.4, -0.2) is 40.2 Å². The lowest BCUT2D eigenvalue weighted by Crippen LogP contribution is -2.46. The van der Waals surface area contributed by atoms with Crippen molar-refractivity contribution in [1.82, 2.24) is 15.2 Å². The van der Waals surface area contributed by atoms with E-state index in [9.17, 15) is 4.79 Å². The lowest BCUT2D eigenvalue weighted by atomic mass is 10.0. The van der Waals surface area contributed by atoms with Gasteiger partial charge in [-0.3, -0.25) is 9.69 Å². The molecule has 0 spiro atoms. The van der Waals surface area contributed by atoms with Crippen molar-refractivity contribution in [2.45, 2.75) is 42.6 Å². The molecule has 0 unspecified atom stereocenters. The van der Waals surface area contributed by atoms with Crippen LogP contribution in [0.1, 0.15) is 25.3 Å². The Morgan fingerprint density at radius 2 is 1.92 bits per heavy atom. The smallest absolute Gasteiger partial charge is 0.233 e. The molecule has 1 aliphatic rings. The van der Waals surface area contributed by atoms with Gasteiger partial charge in [-0.15, -0.1) is 0 Å². The third-order valence-corrected chi connectivity index (χ3v) is 5.54. The Kier molecular flexibility index (Phi) is 6.48. The Morgan fingerprint density at radius 1 is 1.20 bits per heavy atom. The summed E-state index contributed by atoms with van der Waals surface area (Å²) in [5, 5.41) is 3.97. The van der Waals surface area contributed by atoms with Crippen molar-refractivity contribution in [2.24, 2.45) is 0 Å². The molecular formula is C20H25N3OS. The number of piperidine rings is 1. The minimum absolute atomic E-state index is 0.108. The normalized spacial score (nSPS) is 17.2. The molecule has 3 rings (SSSR count). The number of benzene rings is 1. The number of nitrogens with one attached hydrogen (secondary N) is 1. The van der Waals surface area contributed by atoms with Crippen LogP contribution >= 0.6 is 11.8 Å². The van der Waals surface area contributed by atoms with E-state index in [1.165, 1.54) is 17.3 Å². The van der Waals surface area contributed by atoms with Crippen molar-refractivity contribution >= 4 is 17.7 Å². The maximum absolute atomic E-state index is 12.4. The van der Waals surface area contributed by atoms with E-state index in [-0.39, 0.29) is 17.2 Å². The third kappa shape index (κ3) is 5.58. The largest absolute Gasteiger partial charge is 0.352 e. The van der Waals surface area contributed by atoms with Crippen molar-refractivity contribution in [3.05, 3.63) is 60.3 Å². The molecule has 1 fully saturated rings. The molecule has 2 heterocycles. The third-order valence-electron chi connectivity index (χ3n) is 4.49. The highest BCUT2D eigenvalue weighted by molar-refractivity contribution is 8.00. The highest BCUT2D eigenvalue weighted by atomic mass is 32.2. The van der Waals surface area contributed by atoms with E-state index in [1.54, 1.807) is 6.20 Å². The number of carbonyl (C=O) groups excluding carboxylic acids is 1. The van der Waals surface area contributed by atoms with Gasteiger partial charge in [0.2, 0.25) is 5.91 Å². The fourth-order valence-electron chi connectivity index (χ4n) is 3.05. The number of aromatic nitrogens is 1. The average molecular weight is 356 g/mol. The number of hydrogen-bond acceptors (Lipinski definition) is 4. The molecule has 1 saturated heterocycles. The van der Waals surface area contributed by atoms with Gasteiger partial charge in [-0.2, -0.15) is 0 Å². The van der Waals surface area contributed by atoms with Gasteiger partial charge >= 0.3 is 0 Å². The van der Waals surface area contributed by atoms with Gasteiger partial charge in [-0.25, -0.2) is 4.98 Å². The van der Waals surface area contributed by atoms with Gasteiger partial charge in [-0.05, 0) is 37.5 Å². The fraction of sp³-hybridized carbons (Fsp3) is 0.400. The Morgan fingerprint density at radius 3 is 2.60 bits per heavy atom. The highest BCUT2D eigenvalue weighted by Crippen LogP contribution is 2.21. The molecule has 1 amide bonds. The Balaban J connectivity index is 1.41. The van der Waals surface area contributed by atoms with E-state index in [2.05, 4.69) is 45.5 Å². The Labute approximate surface area is 154 Å². The van der Waals surface area contributed by atoms with Gasteiger partial charge in [0.05, 0.1) is 10.3 Å². The van der Waals surface area contributed by atoms with Crippen LogP contribution in [0.2, 0.25) is 0 Å². The maximum atomic E-state index is 12.4. The van der Waals surface area contributed by atoms with E-state index in [0.29, 0.717) is 0 Å². The monoisotopic (exact) mass is 355 g/mol. The fourth-order valence-corrected chi connectivity index (χ4v) is 3.86. The highest BCUT2D eigenvalue weighted by Gasteiger charge is 2.23. The first kappa shape index (κ1) is 18.0. The van der Waals surface area contributed by atoms with Gasteiger partial charge < -0.3 is 5.32 Å². The van der Waals surface area contributed by atoms with Crippen molar-refractivity contribution in [3.63, 3.8) is 0 Å². The molecule has 5 heteroatoms. The molecule has 1 N–H and O–H groups in total. The molecule has 1 atom stereocenters. The second kappa shape index (κ2) is 9.02. The Bertz CT molecular complexity index is 657. The van der Waals surface area contributed by atoms with Gasteiger partial charge in [0.15, 0.2) is 0 Å². The van der Waals surface area contributed by atoms with E-state index < -0.39 is 0 Å². The van der Waals surface area contributed by atoms with E-state index in [0.717, 1.165) is 37.5 Å². The standard InChI is InChI=1S/C20H25N3OS/c1-16(25-19-9-5-6-12-21-19)20(24)22-18-10-13-23(14-11-18)15-17-7-3-2-4-8-17/h2-9,12,16,18H,10-11,13-15H2,1H3,(H,22,24)/t16-/m1/s1. The van der Waals surface area contributed by atoms with Crippen molar-refractivity contribution in [2.75, 3.05) is 13.1 Å². The second-order valence-electron chi connectivity index (χ2n) is 6.47. The molecule has 132 valence electrons. The first-order valence-electron chi connectivity index (χ1n) is 8.85. The molecule has 1 aliphatic heterocycles. The first-order valence-corrected chi connectivity index (χ1v) is 9.73. The van der Waals surface area contributed by atoms with Crippen molar-refractivity contribution in [1.29, 1.82) is 0 Å². The topological polar surface area (TPSA) is 45.2 Å². The number of hydrogen-bond donors (Lipinski definition) is 1. The van der Waals surface area contributed by atoms with Gasteiger partial charge in [-0.1, -0.05) is 48.2 Å². The van der Waals surface area contributed by atoms with Crippen LogP contribution in [0.15, 0.2) is 59.8 Å². The molecule has 25 heavy (non-hydrogen) atoms. The number of nitrogens with zero attached hydrogens (tertiary/aromatic N) is 2. The number of rotatable bonds is 6. The predicted molar refractivity (Wildman–Crippen MR) is 102 cm³/mol. The van der Waals surface area contributed by atoms with Crippen LogP contribution in [0.3, 0.4) is 0 Å². The molecule has 4 nitrogen and oxygen atoms in total. The van der Waals surface area contributed by atoms with E-state index in [1.807, 2.05) is 25.1 Å². The second-order valence-corrected chi connectivity index (χ2v) is 7.83. The summed E-state index contributed by atoms with van der Waals surface area (Å²) in [6.45, 7) is 5.00. The van der Waals surface area contributed by atoms with Crippen LogP contribution in [-0.2, 0) is 11.3 Å². The number of pyridine rings is 1. The quantitative estimate of drug-likeness (QED) is 0.807. The molecule has 2 aromatic rings. The summed E-state index contributed by atoms with van der Waals surface area (Å²) in [6, 6.07) is 16.6. The maximum Gasteiger partial charge on any atom is 0.233 e. The minimum Gasteiger partial charge on any atom is -0.352 e. The molecule has 1 aromatic carbocycles. The Hall–Kier alpha value is -1.85. The number of thioether (sulfide) groups is 1. The summed E-state index contributed by atoms with van der Waals surface area (Å²) in [4.78, 5) is 19.2. The van der Waals surface area contributed by atoms with Crippen LogP contribution in [0.25, 0.3) is 0 Å². The molecule has 1 aromatic heterocycles.